The predicted molar refractivity (Wildman–Crippen MR) is 154 cm³/mol. The monoisotopic (exact) mass is 552 g/mol. The van der Waals surface area contributed by atoms with E-state index in [1.54, 1.807) is 48.3 Å². The average Bonchev–Trinajstić information content (AvgIpc) is 3.27. The van der Waals surface area contributed by atoms with Crippen molar-refractivity contribution in [1.82, 2.24) is 29.4 Å². The van der Waals surface area contributed by atoms with Crippen molar-refractivity contribution >= 4 is 40.2 Å². The highest BCUT2D eigenvalue weighted by Crippen LogP contribution is 2.31. The van der Waals surface area contributed by atoms with Crippen LogP contribution in [0.15, 0.2) is 41.3 Å². The number of carbonyl (C=O) groups excluding carboxylic acids is 1. The van der Waals surface area contributed by atoms with Crippen LogP contribution in [0.25, 0.3) is 22.2 Å². The van der Waals surface area contributed by atoms with E-state index >= 15 is 0 Å². The van der Waals surface area contributed by atoms with Crippen molar-refractivity contribution in [2.24, 2.45) is 7.05 Å². The van der Waals surface area contributed by atoms with E-state index in [2.05, 4.69) is 25.7 Å². The molecule has 4 rings (SSSR count). The lowest BCUT2D eigenvalue weighted by Gasteiger charge is -2.14. The third kappa shape index (κ3) is 6.04. The maximum atomic E-state index is 13.5. The number of rotatable bonds is 8. The standard InChI is InChI=1S/C27H33ClN8O3/c1-27(2,3)22-14-21(35(6)33-22)24(37)31-17-8-9-20(28)18(13-17)19-12-16-15-30-26(29-10-11-34(4)5)32-23(16)36(39-7)25(19)38/h8-9,12-15H,10-11H2,1-7H3,(H,31,37)(H,29,30,32). The normalized spacial score (nSPS) is 11.7. The van der Waals surface area contributed by atoms with Gasteiger partial charge in [0.1, 0.15) is 12.8 Å². The minimum atomic E-state index is -0.449. The van der Waals surface area contributed by atoms with Crippen molar-refractivity contribution < 1.29 is 9.63 Å². The fourth-order valence-electron chi connectivity index (χ4n) is 3.96. The molecule has 2 N–H and O–H groups in total. The molecule has 206 valence electrons. The first-order chi connectivity index (χ1) is 18.4. The number of nitrogens with one attached hydrogen (secondary N) is 2. The van der Waals surface area contributed by atoms with Gasteiger partial charge in [-0.1, -0.05) is 32.4 Å². The Morgan fingerprint density at radius 1 is 1.15 bits per heavy atom. The van der Waals surface area contributed by atoms with E-state index < -0.39 is 5.56 Å². The van der Waals surface area contributed by atoms with Gasteiger partial charge in [0, 0.05) is 53.4 Å². The molecule has 0 aliphatic carbocycles. The van der Waals surface area contributed by atoms with Gasteiger partial charge < -0.3 is 20.4 Å². The zero-order valence-corrected chi connectivity index (χ0v) is 23.9. The van der Waals surface area contributed by atoms with Crippen LogP contribution in [-0.4, -0.2) is 69.6 Å². The molecule has 1 amide bonds. The van der Waals surface area contributed by atoms with Gasteiger partial charge in [0.05, 0.1) is 11.3 Å². The number of amides is 1. The maximum absolute atomic E-state index is 13.5. The molecule has 0 unspecified atom stereocenters. The minimum absolute atomic E-state index is 0.201. The Morgan fingerprint density at radius 3 is 2.54 bits per heavy atom. The van der Waals surface area contributed by atoms with Gasteiger partial charge in [-0.05, 0) is 44.4 Å². The summed E-state index contributed by atoms with van der Waals surface area (Å²) >= 11 is 6.53. The molecule has 0 saturated carbocycles. The van der Waals surface area contributed by atoms with Crippen molar-refractivity contribution in [2.45, 2.75) is 26.2 Å². The molecule has 3 heterocycles. The van der Waals surface area contributed by atoms with Crippen molar-refractivity contribution in [2.75, 3.05) is 44.9 Å². The summed E-state index contributed by atoms with van der Waals surface area (Å²) < 4.78 is 2.66. The van der Waals surface area contributed by atoms with Crippen molar-refractivity contribution in [3.63, 3.8) is 0 Å². The number of hydrogen-bond donors (Lipinski definition) is 2. The molecule has 0 atom stereocenters. The molecule has 0 spiro atoms. The number of carbonyl (C=O) groups is 1. The average molecular weight is 553 g/mol. The smallest absolute Gasteiger partial charge is 0.293 e. The largest absolute Gasteiger partial charge is 0.412 e. The number of nitrogens with zero attached hydrogens (tertiary/aromatic N) is 6. The SMILES string of the molecule is COn1c(=O)c(-c2cc(NC(=O)c3cc(C(C)(C)C)nn3C)ccc2Cl)cc2cnc(NCCN(C)C)nc21. The van der Waals surface area contributed by atoms with Crippen molar-refractivity contribution in [3.05, 3.63) is 63.3 Å². The molecule has 0 bridgehead atoms. The Morgan fingerprint density at radius 2 is 1.90 bits per heavy atom. The molecule has 39 heavy (non-hydrogen) atoms. The molecular formula is C27H33ClN8O3. The molecular weight excluding hydrogens is 520 g/mol. The first kappa shape index (κ1) is 28.1. The molecule has 3 aromatic heterocycles. The lowest BCUT2D eigenvalue weighted by atomic mass is 9.92. The highest BCUT2D eigenvalue weighted by atomic mass is 35.5. The molecule has 1 aromatic carbocycles. The Labute approximate surface area is 231 Å². The van der Waals surface area contributed by atoms with Gasteiger partial charge >= 0.3 is 0 Å². The van der Waals surface area contributed by atoms with Crippen molar-refractivity contribution in [3.8, 4) is 11.1 Å². The fourth-order valence-corrected chi connectivity index (χ4v) is 4.18. The summed E-state index contributed by atoms with van der Waals surface area (Å²) in [5.41, 5.74) is 2.07. The van der Waals surface area contributed by atoms with Gasteiger partial charge in [-0.2, -0.15) is 10.1 Å². The quantitative estimate of drug-likeness (QED) is 0.341. The summed E-state index contributed by atoms with van der Waals surface area (Å²) in [6.07, 6.45) is 1.62. The summed E-state index contributed by atoms with van der Waals surface area (Å²) in [7, 11) is 7.06. The van der Waals surface area contributed by atoms with E-state index in [1.165, 1.54) is 7.11 Å². The second-order valence-electron chi connectivity index (χ2n) is 10.5. The van der Waals surface area contributed by atoms with Gasteiger partial charge in [0.15, 0.2) is 5.65 Å². The molecule has 0 fully saturated rings. The Kier molecular flexibility index (Phi) is 7.94. The van der Waals surface area contributed by atoms with E-state index in [-0.39, 0.29) is 16.9 Å². The number of pyridine rings is 1. The van der Waals surface area contributed by atoms with Crippen LogP contribution in [0.3, 0.4) is 0 Å². The summed E-state index contributed by atoms with van der Waals surface area (Å²) in [6, 6.07) is 8.40. The number of aryl methyl sites for hydroxylation is 1. The summed E-state index contributed by atoms with van der Waals surface area (Å²) in [5, 5.41) is 11.4. The molecule has 12 heteroatoms. The molecule has 0 aliphatic rings. The number of hydrogen-bond acceptors (Lipinski definition) is 8. The van der Waals surface area contributed by atoms with Gasteiger partial charge in [-0.3, -0.25) is 14.3 Å². The molecule has 0 aliphatic heterocycles. The lowest BCUT2D eigenvalue weighted by Crippen LogP contribution is -2.28. The highest BCUT2D eigenvalue weighted by Gasteiger charge is 2.22. The van der Waals surface area contributed by atoms with Crippen LogP contribution >= 0.6 is 11.6 Å². The number of benzene rings is 1. The van der Waals surface area contributed by atoms with Gasteiger partial charge in [0.2, 0.25) is 5.95 Å². The van der Waals surface area contributed by atoms with Crippen LogP contribution in [0, 0.1) is 0 Å². The maximum Gasteiger partial charge on any atom is 0.293 e. The van der Waals surface area contributed by atoms with Crippen molar-refractivity contribution in [1.29, 1.82) is 0 Å². The number of likely N-dealkylation sites (N-methyl/N-ethyl adjacent to an activating group) is 1. The van der Waals surface area contributed by atoms with Crippen LogP contribution in [0.1, 0.15) is 37.0 Å². The first-order valence-corrected chi connectivity index (χ1v) is 12.8. The van der Waals surface area contributed by atoms with E-state index in [9.17, 15) is 9.59 Å². The van der Waals surface area contributed by atoms with E-state index in [0.717, 1.165) is 17.0 Å². The van der Waals surface area contributed by atoms with E-state index in [0.29, 0.717) is 45.5 Å². The minimum Gasteiger partial charge on any atom is -0.412 e. The third-order valence-corrected chi connectivity index (χ3v) is 6.45. The van der Waals surface area contributed by atoms with Gasteiger partial charge in [-0.15, -0.1) is 4.73 Å². The Hall–Kier alpha value is -3.96. The number of halogens is 1. The molecule has 11 nitrogen and oxygen atoms in total. The lowest BCUT2D eigenvalue weighted by molar-refractivity contribution is 0.101. The zero-order valence-electron chi connectivity index (χ0n) is 23.2. The molecule has 4 aromatic rings. The van der Waals surface area contributed by atoms with E-state index in [4.69, 9.17) is 16.4 Å². The molecule has 0 saturated heterocycles. The van der Waals surface area contributed by atoms with E-state index in [1.807, 2.05) is 39.8 Å². The molecule has 0 radical (unpaired) electrons. The fraction of sp³-hybridized carbons (Fsp3) is 0.370. The van der Waals surface area contributed by atoms with Crippen LogP contribution in [0.5, 0.6) is 0 Å². The third-order valence-electron chi connectivity index (χ3n) is 6.12. The first-order valence-electron chi connectivity index (χ1n) is 12.4. The highest BCUT2D eigenvalue weighted by molar-refractivity contribution is 6.33. The van der Waals surface area contributed by atoms with Gasteiger partial charge in [-0.25, -0.2) is 4.98 Å². The second-order valence-corrected chi connectivity index (χ2v) is 10.9. The van der Waals surface area contributed by atoms with Crippen LogP contribution in [0.2, 0.25) is 5.02 Å². The Bertz CT molecular complexity index is 1590. The number of fused-ring (bicyclic) bond motifs is 1. The Balaban J connectivity index is 1.69. The predicted octanol–water partition coefficient (Wildman–Crippen LogP) is 3.43. The van der Waals surface area contributed by atoms with Crippen LogP contribution in [-0.2, 0) is 12.5 Å². The topological polar surface area (TPSA) is 119 Å². The summed E-state index contributed by atoms with van der Waals surface area (Å²) in [6.45, 7) is 7.53. The zero-order chi connectivity index (χ0) is 28.5. The number of aromatic nitrogens is 5. The number of anilines is 2. The summed E-state index contributed by atoms with van der Waals surface area (Å²) in [5.74, 6) is 0.0547. The summed E-state index contributed by atoms with van der Waals surface area (Å²) in [4.78, 5) is 42.8. The second kappa shape index (κ2) is 11.0. The van der Waals surface area contributed by atoms with Crippen LogP contribution in [0.4, 0.5) is 11.6 Å². The van der Waals surface area contributed by atoms with Crippen LogP contribution < -0.4 is 21.0 Å². The van der Waals surface area contributed by atoms with Gasteiger partial charge in [0.25, 0.3) is 11.5 Å².